The molecule has 7 heteroatoms. The van der Waals surface area contributed by atoms with Gasteiger partial charge in [0.05, 0.1) is 25.5 Å². The number of halogens is 1. The quantitative estimate of drug-likeness (QED) is 0.665. The Morgan fingerprint density at radius 2 is 1.88 bits per heavy atom. The van der Waals surface area contributed by atoms with Gasteiger partial charge in [-0.15, -0.1) is 11.3 Å². The lowest BCUT2D eigenvalue weighted by Gasteiger charge is -2.11. The molecule has 5 nitrogen and oxygen atoms in total. The maximum atomic E-state index is 12.6. The number of amides is 1. The fourth-order valence-electron chi connectivity index (χ4n) is 2.44. The number of carbonyl (C=O) groups excluding carboxylic acids is 1. The van der Waals surface area contributed by atoms with E-state index in [1.807, 2.05) is 31.2 Å². The minimum absolute atomic E-state index is 0.317. The van der Waals surface area contributed by atoms with Crippen LogP contribution in [0.3, 0.4) is 0 Å². The molecule has 0 bridgehead atoms. The fourth-order valence-corrected chi connectivity index (χ4v) is 3.42. The summed E-state index contributed by atoms with van der Waals surface area (Å²) in [7, 11) is 3.13. The van der Waals surface area contributed by atoms with E-state index in [-0.39, 0.29) is 5.91 Å². The molecule has 1 N–H and O–H groups in total. The van der Waals surface area contributed by atoms with Crippen molar-refractivity contribution in [2.24, 2.45) is 0 Å². The van der Waals surface area contributed by atoms with Gasteiger partial charge in [0.25, 0.3) is 5.91 Å². The Balaban J connectivity index is 1.86. The first-order valence-electron chi connectivity index (χ1n) is 7.78. The monoisotopic (exact) mass is 388 g/mol. The number of aromatic nitrogens is 1. The predicted molar refractivity (Wildman–Crippen MR) is 105 cm³/mol. The summed E-state index contributed by atoms with van der Waals surface area (Å²) < 4.78 is 10.6. The molecule has 26 heavy (non-hydrogen) atoms. The van der Waals surface area contributed by atoms with Crippen LogP contribution < -0.4 is 14.8 Å². The van der Waals surface area contributed by atoms with Crippen molar-refractivity contribution in [1.82, 2.24) is 4.98 Å². The van der Waals surface area contributed by atoms with E-state index < -0.39 is 0 Å². The second-order valence-corrected chi connectivity index (χ2v) is 6.76. The van der Waals surface area contributed by atoms with E-state index in [9.17, 15) is 4.79 Å². The van der Waals surface area contributed by atoms with E-state index in [4.69, 9.17) is 21.1 Å². The maximum absolute atomic E-state index is 12.6. The van der Waals surface area contributed by atoms with Crippen molar-refractivity contribution < 1.29 is 14.3 Å². The van der Waals surface area contributed by atoms with E-state index in [1.165, 1.54) is 18.4 Å². The smallest absolute Gasteiger partial charge is 0.275 e. The maximum Gasteiger partial charge on any atom is 0.275 e. The summed E-state index contributed by atoms with van der Waals surface area (Å²) in [6.45, 7) is 1.86. The largest absolute Gasteiger partial charge is 0.496 e. The van der Waals surface area contributed by atoms with Crippen LogP contribution in [0.4, 0.5) is 5.69 Å². The number of rotatable bonds is 5. The number of benzene rings is 2. The van der Waals surface area contributed by atoms with Crippen molar-refractivity contribution >= 4 is 34.5 Å². The molecule has 0 saturated heterocycles. The molecule has 0 aliphatic heterocycles. The van der Waals surface area contributed by atoms with Gasteiger partial charge in [-0.3, -0.25) is 4.79 Å². The Hall–Kier alpha value is -2.57. The summed E-state index contributed by atoms with van der Waals surface area (Å²) >= 11 is 7.48. The first-order valence-corrected chi connectivity index (χ1v) is 9.03. The lowest BCUT2D eigenvalue weighted by molar-refractivity contribution is 0.102. The van der Waals surface area contributed by atoms with Crippen LogP contribution in [-0.4, -0.2) is 25.1 Å². The zero-order chi connectivity index (χ0) is 18.7. The Kier molecular flexibility index (Phi) is 5.44. The molecule has 0 spiro atoms. The van der Waals surface area contributed by atoms with Crippen molar-refractivity contribution in [2.75, 3.05) is 19.5 Å². The molecule has 2 aromatic carbocycles. The van der Waals surface area contributed by atoms with E-state index in [1.54, 1.807) is 24.6 Å². The van der Waals surface area contributed by atoms with E-state index in [0.29, 0.717) is 32.9 Å². The molecule has 134 valence electrons. The lowest BCUT2D eigenvalue weighted by Crippen LogP contribution is -2.13. The number of carbonyl (C=O) groups is 1. The number of nitrogens with one attached hydrogen (secondary N) is 1. The molecule has 0 unspecified atom stereocenters. The van der Waals surface area contributed by atoms with Crippen molar-refractivity contribution in [2.45, 2.75) is 6.92 Å². The Labute approximate surface area is 160 Å². The van der Waals surface area contributed by atoms with Crippen LogP contribution in [0.2, 0.25) is 5.02 Å². The number of ether oxygens (including phenoxy) is 2. The third-order valence-electron chi connectivity index (χ3n) is 3.80. The normalized spacial score (nSPS) is 10.5. The molecule has 0 fully saturated rings. The van der Waals surface area contributed by atoms with Crippen LogP contribution in [0.5, 0.6) is 11.5 Å². The zero-order valence-electron chi connectivity index (χ0n) is 14.5. The average molecular weight is 389 g/mol. The van der Waals surface area contributed by atoms with Gasteiger partial charge in [0.15, 0.2) is 0 Å². The highest BCUT2D eigenvalue weighted by atomic mass is 35.5. The van der Waals surface area contributed by atoms with Crippen molar-refractivity contribution in [1.29, 1.82) is 0 Å². The van der Waals surface area contributed by atoms with Crippen LogP contribution in [0.25, 0.3) is 10.6 Å². The first kappa shape index (κ1) is 18.2. The number of nitrogens with zero attached hydrogens (tertiary/aromatic N) is 1. The summed E-state index contributed by atoms with van der Waals surface area (Å²) in [6, 6.07) is 11.0. The second-order valence-electron chi connectivity index (χ2n) is 5.49. The van der Waals surface area contributed by atoms with Crippen LogP contribution in [0, 0.1) is 6.92 Å². The summed E-state index contributed by atoms with van der Waals surface area (Å²) in [5, 5.41) is 5.83. The van der Waals surface area contributed by atoms with Gasteiger partial charge in [0.1, 0.15) is 22.2 Å². The summed E-state index contributed by atoms with van der Waals surface area (Å²) in [6.07, 6.45) is 0. The Bertz CT molecular complexity index is 956. The highest BCUT2D eigenvalue weighted by Crippen LogP contribution is 2.33. The van der Waals surface area contributed by atoms with Crippen molar-refractivity contribution in [3.8, 4) is 22.1 Å². The number of para-hydroxylation sites is 1. The number of thiazole rings is 1. The zero-order valence-corrected chi connectivity index (χ0v) is 16.1. The molecule has 3 rings (SSSR count). The molecular formula is C19H17ClN2O3S. The molecule has 1 heterocycles. The molecule has 3 aromatic rings. The average Bonchev–Trinajstić information content (AvgIpc) is 3.14. The number of hydrogen-bond donors (Lipinski definition) is 1. The Morgan fingerprint density at radius 1 is 1.15 bits per heavy atom. The third kappa shape index (κ3) is 3.66. The molecule has 0 saturated carbocycles. The minimum Gasteiger partial charge on any atom is -0.496 e. The number of aryl methyl sites for hydroxylation is 1. The van der Waals surface area contributed by atoms with Gasteiger partial charge in [0, 0.05) is 16.5 Å². The van der Waals surface area contributed by atoms with Gasteiger partial charge in [0.2, 0.25) is 0 Å². The van der Waals surface area contributed by atoms with Crippen molar-refractivity contribution in [3.63, 3.8) is 0 Å². The molecule has 0 aliphatic rings. The van der Waals surface area contributed by atoms with Crippen LogP contribution in [0.1, 0.15) is 16.1 Å². The molecular weight excluding hydrogens is 372 g/mol. The van der Waals surface area contributed by atoms with Crippen LogP contribution >= 0.6 is 22.9 Å². The van der Waals surface area contributed by atoms with Crippen molar-refractivity contribution in [3.05, 3.63) is 58.1 Å². The van der Waals surface area contributed by atoms with Gasteiger partial charge in [-0.25, -0.2) is 4.98 Å². The Morgan fingerprint density at radius 3 is 2.62 bits per heavy atom. The van der Waals surface area contributed by atoms with Gasteiger partial charge in [-0.05, 0) is 30.7 Å². The van der Waals surface area contributed by atoms with Gasteiger partial charge >= 0.3 is 0 Å². The number of hydrogen-bond acceptors (Lipinski definition) is 5. The topological polar surface area (TPSA) is 60.5 Å². The summed E-state index contributed by atoms with van der Waals surface area (Å²) in [5.74, 6) is 0.889. The second kappa shape index (κ2) is 7.76. The molecule has 0 radical (unpaired) electrons. The summed E-state index contributed by atoms with van der Waals surface area (Å²) in [4.78, 5) is 17.0. The lowest BCUT2D eigenvalue weighted by atomic mass is 10.2. The molecule has 0 aliphatic carbocycles. The highest BCUT2D eigenvalue weighted by Gasteiger charge is 2.16. The standard InChI is InChI=1S/C19H17ClN2O3S/c1-11-8-14(17(25-3)9-13(11)20)21-18(23)15-10-26-19(22-15)12-6-4-5-7-16(12)24-2/h4-10H,1-3H3,(H,21,23). The van der Waals surface area contributed by atoms with Gasteiger partial charge < -0.3 is 14.8 Å². The van der Waals surface area contributed by atoms with Gasteiger partial charge in [-0.1, -0.05) is 23.7 Å². The molecule has 1 amide bonds. The molecule has 0 atom stereocenters. The van der Waals surface area contributed by atoms with Gasteiger partial charge in [-0.2, -0.15) is 0 Å². The van der Waals surface area contributed by atoms with E-state index in [2.05, 4.69) is 10.3 Å². The van der Waals surface area contributed by atoms with E-state index in [0.717, 1.165) is 11.1 Å². The first-order chi connectivity index (χ1) is 12.5. The summed E-state index contributed by atoms with van der Waals surface area (Å²) in [5.41, 5.74) is 2.56. The fraction of sp³-hybridized carbons (Fsp3) is 0.158. The van der Waals surface area contributed by atoms with Crippen LogP contribution in [0.15, 0.2) is 41.8 Å². The minimum atomic E-state index is -0.317. The highest BCUT2D eigenvalue weighted by molar-refractivity contribution is 7.13. The van der Waals surface area contributed by atoms with E-state index >= 15 is 0 Å². The third-order valence-corrected chi connectivity index (χ3v) is 5.09. The SMILES string of the molecule is COc1cc(Cl)c(C)cc1NC(=O)c1csc(-c2ccccc2OC)n1. The number of methoxy groups -OCH3 is 2. The number of anilines is 1. The van der Waals surface area contributed by atoms with Crippen LogP contribution in [-0.2, 0) is 0 Å². The molecule has 1 aromatic heterocycles. The predicted octanol–water partition coefficient (Wildman–Crippen LogP) is 5.04.